The van der Waals surface area contributed by atoms with Gasteiger partial charge in [0, 0.05) is 18.7 Å². The van der Waals surface area contributed by atoms with E-state index in [0.717, 1.165) is 12.8 Å². The molecular weight excluding hydrogens is 252 g/mol. The molecule has 0 saturated heterocycles. The lowest BCUT2D eigenvalue weighted by Crippen LogP contribution is -2.48. The van der Waals surface area contributed by atoms with Gasteiger partial charge in [-0.15, -0.1) is 0 Å². The quantitative estimate of drug-likeness (QED) is 0.717. The van der Waals surface area contributed by atoms with Crippen molar-refractivity contribution in [1.82, 2.24) is 10.6 Å². The second kappa shape index (κ2) is 8.59. The van der Waals surface area contributed by atoms with Gasteiger partial charge in [-0.05, 0) is 31.2 Å². The number of amides is 2. The number of rotatable bonds is 7. The predicted molar refractivity (Wildman–Crippen MR) is 81.6 cm³/mol. The van der Waals surface area contributed by atoms with Crippen LogP contribution in [0, 0.1) is 5.92 Å². The summed E-state index contributed by atoms with van der Waals surface area (Å²) < 4.78 is 0. The Morgan fingerprint density at radius 1 is 1.20 bits per heavy atom. The van der Waals surface area contributed by atoms with Crippen molar-refractivity contribution in [1.29, 1.82) is 0 Å². The van der Waals surface area contributed by atoms with E-state index in [4.69, 9.17) is 5.11 Å². The van der Waals surface area contributed by atoms with Crippen LogP contribution in [0.5, 0.6) is 0 Å². The van der Waals surface area contributed by atoms with E-state index in [0.29, 0.717) is 0 Å². The van der Waals surface area contributed by atoms with Gasteiger partial charge in [-0.3, -0.25) is 0 Å². The number of benzene rings is 1. The van der Waals surface area contributed by atoms with E-state index < -0.39 is 0 Å². The normalized spacial score (nSPS) is 15.2. The first kappa shape index (κ1) is 16.5. The Labute approximate surface area is 121 Å². The van der Waals surface area contributed by atoms with E-state index in [-0.39, 0.29) is 30.6 Å². The summed E-state index contributed by atoms with van der Waals surface area (Å²) >= 11 is 0. The molecule has 0 saturated carbocycles. The molecule has 0 radical (unpaired) electrons. The first-order chi connectivity index (χ1) is 9.56. The Morgan fingerprint density at radius 2 is 1.85 bits per heavy atom. The van der Waals surface area contributed by atoms with E-state index >= 15 is 0 Å². The first-order valence-corrected chi connectivity index (χ1v) is 7.28. The fourth-order valence-corrected chi connectivity index (χ4v) is 1.93. The van der Waals surface area contributed by atoms with Gasteiger partial charge in [-0.25, -0.2) is 4.79 Å². The molecule has 112 valence electrons. The Bertz CT molecular complexity index is 395. The highest BCUT2D eigenvalue weighted by Gasteiger charge is 2.16. The Kier molecular flexibility index (Phi) is 7.09. The lowest BCUT2D eigenvalue weighted by atomic mass is 10.0. The average molecular weight is 278 g/mol. The summed E-state index contributed by atoms with van der Waals surface area (Å²) in [5, 5.41) is 14.9. The molecule has 3 atom stereocenters. The fourth-order valence-electron chi connectivity index (χ4n) is 1.93. The van der Waals surface area contributed by atoms with Gasteiger partial charge in [0.05, 0.1) is 0 Å². The third-order valence-corrected chi connectivity index (χ3v) is 3.65. The van der Waals surface area contributed by atoms with Gasteiger partial charge in [0.25, 0.3) is 0 Å². The van der Waals surface area contributed by atoms with Crippen molar-refractivity contribution >= 4 is 6.03 Å². The molecule has 1 aromatic rings. The molecule has 0 aliphatic rings. The number of urea groups is 1. The maximum Gasteiger partial charge on any atom is 0.315 e. The minimum Gasteiger partial charge on any atom is -0.396 e. The van der Waals surface area contributed by atoms with Crippen LogP contribution in [0.1, 0.15) is 32.8 Å². The molecule has 0 aromatic heterocycles. The zero-order valence-electron chi connectivity index (χ0n) is 12.6. The van der Waals surface area contributed by atoms with Crippen LogP contribution in [0.3, 0.4) is 0 Å². The summed E-state index contributed by atoms with van der Waals surface area (Å²) in [5.41, 5.74) is 1.22. The van der Waals surface area contributed by atoms with Gasteiger partial charge in [-0.1, -0.05) is 44.2 Å². The van der Waals surface area contributed by atoms with Crippen molar-refractivity contribution in [2.45, 2.75) is 45.7 Å². The first-order valence-electron chi connectivity index (χ1n) is 7.28. The van der Waals surface area contributed by atoms with Crippen molar-refractivity contribution in [3.05, 3.63) is 35.9 Å². The molecule has 20 heavy (non-hydrogen) atoms. The SMILES string of the molecule is CCC(Cc1ccccc1)NC(=O)NC(C)C(C)CO. The smallest absolute Gasteiger partial charge is 0.315 e. The summed E-state index contributed by atoms with van der Waals surface area (Å²) in [6, 6.07) is 10.0. The molecule has 2 amide bonds. The number of hydrogen-bond acceptors (Lipinski definition) is 2. The van der Waals surface area contributed by atoms with E-state index in [1.54, 1.807) is 0 Å². The van der Waals surface area contributed by atoms with Crippen molar-refractivity contribution in [3.63, 3.8) is 0 Å². The van der Waals surface area contributed by atoms with Crippen LogP contribution in [-0.2, 0) is 6.42 Å². The van der Waals surface area contributed by atoms with Crippen LogP contribution in [0.4, 0.5) is 4.79 Å². The lowest BCUT2D eigenvalue weighted by molar-refractivity contribution is 0.199. The summed E-state index contributed by atoms with van der Waals surface area (Å²) in [6.45, 7) is 5.95. The fraction of sp³-hybridized carbons (Fsp3) is 0.562. The van der Waals surface area contributed by atoms with Crippen molar-refractivity contribution in [3.8, 4) is 0 Å². The van der Waals surface area contributed by atoms with Gasteiger partial charge >= 0.3 is 6.03 Å². The summed E-state index contributed by atoms with van der Waals surface area (Å²) in [7, 11) is 0. The largest absolute Gasteiger partial charge is 0.396 e. The third kappa shape index (κ3) is 5.61. The average Bonchev–Trinajstić information content (AvgIpc) is 2.46. The molecule has 0 fully saturated rings. The van der Waals surface area contributed by atoms with Crippen molar-refractivity contribution in [2.75, 3.05) is 6.61 Å². The molecule has 0 aliphatic heterocycles. The highest BCUT2D eigenvalue weighted by Crippen LogP contribution is 2.06. The molecule has 4 nitrogen and oxygen atoms in total. The van der Waals surface area contributed by atoms with Gasteiger partial charge in [0.15, 0.2) is 0 Å². The van der Waals surface area contributed by atoms with E-state index in [1.165, 1.54) is 5.56 Å². The molecule has 1 rings (SSSR count). The van der Waals surface area contributed by atoms with Gasteiger partial charge in [-0.2, -0.15) is 0 Å². The minimum atomic E-state index is -0.166. The summed E-state index contributed by atoms with van der Waals surface area (Å²) in [5.74, 6) is 0.0509. The predicted octanol–water partition coefficient (Wildman–Crippen LogP) is 2.32. The molecule has 1 aromatic carbocycles. The standard InChI is InChI=1S/C16H26N2O2/c1-4-15(10-14-8-6-5-7-9-14)18-16(20)17-13(3)12(2)11-19/h5-9,12-13,15,19H,4,10-11H2,1-3H3,(H2,17,18,20). The zero-order valence-corrected chi connectivity index (χ0v) is 12.6. The van der Waals surface area contributed by atoms with Crippen molar-refractivity contribution < 1.29 is 9.90 Å². The van der Waals surface area contributed by atoms with Crippen LogP contribution in [-0.4, -0.2) is 29.8 Å². The van der Waals surface area contributed by atoms with Gasteiger partial charge in [0.1, 0.15) is 0 Å². The highest BCUT2D eigenvalue weighted by atomic mass is 16.3. The molecule has 4 heteroatoms. The number of aliphatic hydroxyl groups is 1. The molecule has 0 spiro atoms. The molecular formula is C16H26N2O2. The molecule has 0 aliphatic carbocycles. The maximum absolute atomic E-state index is 11.9. The second-order valence-electron chi connectivity index (χ2n) is 5.36. The Balaban J connectivity index is 2.45. The van der Waals surface area contributed by atoms with E-state index in [9.17, 15) is 4.79 Å². The highest BCUT2D eigenvalue weighted by molar-refractivity contribution is 5.74. The van der Waals surface area contributed by atoms with E-state index in [1.807, 2.05) is 32.0 Å². The third-order valence-electron chi connectivity index (χ3n) is 3.65. The number of carbonyl (C=O) groups is 1. The number of hydrogen-bond donors (Lipinski definition) is 3. The van der Waals surface area contributed by atoms with E-state index in [2.05, 4.69) is 29.7 Å². The molecule has 3 unspecified atom stereocenters. The van der Waals surface area contributed by atoms with Gasteiger partial charge < -0.3 is 15.7 Å². The lowest BCUT2D eigenvalue weighted by Gasteiger charge is -2.22. The summed E-state index contributed by atoms with van der Waals surface area (Å²) in [4.78, 5) is 11.9. The molecule has 0 heterocycles. The number of carbonyl (C=O) groups excluding carboxylic acids is 1. The summed E-state index contributed by atoms with van der Waals surface area (Å²) in [6.07, 6.45) is 1.71. The van der Waals surface area contributed by atoms with Crippen molar-refractivity contribution in [2.24, 2.45) is 5.92 Å². The zero-order chi connectivity index (χ0) is 15.0. The number of nitrogens with one attached hydrogen (secondary N) is 2. The molecule has 3 N–H and O–H groups in total. The number of aliphatic hydroxyl groups excluding tert-OH is 1. The van der Waals surface area contributed by atoms with Crippen LogP contribution in [0.2, 0.25) is 0 Å². The van der Waals surface area contributed by atoms with Crippen LogP contribution in [0.25, 0.3) is 0 Å². The second-order valence-corrected chi connectivity index (χ2v) is 5.36. The monoisotopic (exact) mass is 278 g/mol. The maximum atomic E-state index is 11.9. The minimum absolute atomic E-state index is 0.0470. The Morgan fingerprint density at radius 3 is 2.40 bits per heavy atom. The Hall–Kier alpha value is -1.55. The van der Waals surface area contributed by atoms with Crippen LogP contribution >= 0.6 is 0 Å². The molecule has 0 bridgehead atoms. The van der Waals surface area contributed by atoms with Crippen LogP contribution < -0.4 is 10.6 Å². The van der Waals surface area contributed by atoms with Crippen LogP contribution in [0.15, 0.2) is 30.3 Å². The van der Waals surface area contributed by atoms with Gasteiger partial charge in [0.2, 0.25) is 0 Å². The topological polar surface area (TPSA) is 61.4 Å².